The summed E-state index contributed by atoms with van der Waals surface area (Å²) in [6.07, 6.45) is 1.49. The van der Waals surface area contributed by atoms with Crippen LogP contribution in [0.5, 0.6) is 0 Å². The van der Waals surface area contributed by atoms with Crippen LogP contribution in [-0.2, 0) is 11.3 Å². The Balaban J connectivity index is 2.95. The summed E-state index contributed by atoms with van der Waals surface area (Å²) >= 11 is 0. The van der Waals surface area contributed by atoms with Crippen molar-refractivity contribution in [1.82, 2.24) is 9.80 Å². The van der Waals surface area contributed by atoms with Crippen molar-refractivity contribution in [3.63, 3.8) is 0 Å². The molecule has 22 heavy (non-hydrogen) atoms. The number of rotatable bonds is 7. The van der Waals surface area contributed by atoms with Gasteiger partial charge in [-0.05, 0) is 19.4 Å². The fourth-order valence-electron chi connectivity index (χ4n) is 2.00. The smallest absolute Gasteiger partial charge is 0.266 e. The number of carbonyl (C=O) groups excluding carboxylic acids is 1. The van der Waals surface area contributed by atoms with Crippen LogP contribution in [0.4, 0.5) is 0 Å². The fraction of sp³-hybridized carbons (Fsp3) is 0.412. The summed E-state index contributed by atoms with van der Waals surface area (Å²) < 4.78 is 0. The van der Waals surface area contributed by atoms with Crippen LogP contribution in [0, 0.1) is 11.3 Å². The Kier molecular flexibility index (Phi) is 7.14. The number of aliphatic hydroxyl groups is 1. The van der Waals surface area contributed by atoms with E-state index in [1.54, 1.807) is 16.8 Å². The maximum atomic E-state index is 12.6. The number of benzene rings is 1. The second-order valence-electron chi connectivity index (χ2n) is 5.37. The molecule has 0 aromatic heterocycles. The molecule has 0 fully saturated rings. The molecule has 0 unspecified atom stereocenters. The minimum absolute atomic E-state index is 0.0207. The Labute approximate surface area is 132 Å². The number of nitrogens with zero attached hydrogens (tertiary/aromatic N) is 3. The van der Waals surface area contributed by atoms with E-state index in [0.717, 1.165) is 5.56 Å². The van der Waals surface area contributed by atoms with Crippen LogP contribution in [0.1, 0.15) is 19.4 Å². The Morgan fingerprint density at radius 3 is 2.50 bits per heavy atom. The maximum absolute atomic E-state index is 12.6. The van der Waals surface area contributed by atoms with Gasteiger partial charge in [0.2, 0.25) is 0 Å². The quantitative estimate of drug-likeness (QED) is 0.615. The summed E-state index contributed by atoms with van der Waals surface area (Å²) in [5.74, 6) is -0.300. The topological polar surface area (TPSA) is 67.6 Å². The van der Waals surface area contributed by atoms with Gasteiger partial charge in [-0.15, -0.1) is 0 Å². The van der Waals surface area contributed by atoms with E-state index in [9.17, 15) is 10.1 Å². The zero-order chi connectivity index (χ0) is 16.5. The first-order valence-corrected chi connectivity index (χ1v) is 7.27. The van der Waals surface area contributed by atoms with Crippen molar-refractivity contribution in [1.29, 1.82) is 5.26 Å². The van der Waals surface area contributed by atoms with Gasteiger partial charge < -0.3 is 14.9 Å². The predicted molar refractivity (Wildman–Crippen MR) is 85.5 cm³/mol. The lowest BCUT2D eigenvalue weighted by molar-refractivity contribution is -0.129. The summed E-state index contributed by atoms with van der Waals surface area (Å²) in [4.78, 5) is 15.9. The highest BCUT2D eigenvalue weighted by Gasteiger charge is 2.21. The largest absolute Gasteiger partial charge is 0.395 e. The Hall–Kier alpha value is -2.32. The molecule has 0 saturated carbocycles. The molecule has 0 spiro atoms. The molecule has 1 amide bonds. The lowest BCUT2D eigenvalue weighted by Gasteiger charge is -2.27. The highest BCUT2D eigenvalue weighted by molar-refractivity contribution is 5.97. The zero-order valence-corrected chi connectivity index (χ0v) is 13.4. The van der Waals surface area contributed by atoms with Crippen LogP contribution in [0.25, 0.3) is 0 Å². The van der Waals surface area contributed by atoms with Crippen molar-refractivity contribution >= 4 is 5.91 Å². The number of carbonyl (C=O) groups is 1. The minimum atomic E-state index is -0.300. The van der Waals surface area contributed by atoms with Gasteiger partial charge in [0.25, 0.3) is 5.91 Å². The molecule has 1 aromatic rings. The Morgan fingerprint density at radius 1 is 1.36 bits per heavy atom. The van der Waals surface area contributed by atoms with Gasteiger partial charge in [0.1, 0.15) is 11.6 Å². The average molecular weight is 301 g/mol. The lowest BCUT2D eigenvalue weighted by atomic mass is 10.1. The van der Waals surface area contributed by atoms with Crippen molar-refractivity contribution in [2.45, 2.75) is 26.4 Å². The normalized spacial score (nSPS) is 11.2. The van der Waals surface area contributed by atoms with Gasteiger partial charge in [-0.25, -0.2) is 0 Å². The van der Waals surface area contributed by atoms with Gasteiger partial charge in [0, 0.05) is 32.4 Å². The molecular weight excluding hydrogens is 278 g/mol. The molecule has 0 aliphatic rings. The average Bonchev–Trinajstić information content (AvgIpc) is 2.50. The summed E-state index contributed by atoms with van der Waals surface area (Å²) in [5.41, 5.74) is 1.09. The van der Waals surface area contributed by atoms with Crippen molar-refractivity contribution < 1.29 is 9.90 Å². The van der Waals surface area contributed by atoms with Crippen molar-refractivity contribution in [2.24, 2.45) is 0 Å². The highest BCUT2D eigenvalue weighted by Crippen LogP contribution is 2.12. The molecule has 0 aliphatic carbocycles. The SMILES string of the molecule is CC(C)N(Cc1ccccc1)C(=O)/C(C#N)=C\N(C)CCO. The van der Waals surface area contributed by atoms with Gasteiger partial charge >= 0.3 is 0 Å². The molecule has 5 nitrogen and oxygen atoms in total. The lowest BCUT2D eigenvalue weighted by Crippen LogP contribution is -2.37. The summed E-state index contributed by atoms with van der Waals surface area (Å²) in [7, 11) is 1.72. The van der Waals surface area contributed by atoms with Crippen LogP contribution in [0.15, 0.2) is 42.1 Å². The van der Waals surface area contributed by atoms with E-state index in [0.29, 0.717) is 13.1 Å². The summed E-state index contributed by atoms with van der Waals surface area (Å²) in [6, 6.07) is 11.6. The molecule has 118 valence electrons. The molecule has 1 rings (SSSR count). The molecule has 0 radical (unpaired) electrons. The summed E-state index contributed by atoms with van der Waals surface area (Å²) in [5, 5.41) is 18.2. The van der Waals surface area contributed by atoms with Gasteiger partial charge in [-0.3, -0.25) is 4.79 Å². The van der Waals surface area contributed by atoms with Gasteiger partial charge in [-0.1, -0.05) is 30.3 Å². The molecule has 5 heteroatoms. The molecule has 0 heterocycles. The van der Waals surface area contributed by atoms with E-state index in [2.05, 4.69) is 0 Å². The third-order valence-electron chi connectivity index (χ3n) is 3.23. The highest BCUT2D eigenvalue weighted by atomic mass is 16.3. The van der Waals surface area contributed by atoms with Gasteiger partial charge in [-0.2, -0.15) is 5.26 Å². The van der Waals surface area contributed by atoms with Crippen LogP contribution in [-0.4, -0.2) is 47.1 Å². The molecule has 1 N–H and O–H groups in total. The number of nitriles is 1. The first-order valence-electron chi connectivity index (χ1n) is 7.27. The standard InChI is InChI=1S/C17H23N3O2/c1-14(2)20(12-15-7-5-4-6-8-15)17(22)16(11-18)13-19(3)9-10-21/h4-8,13-14,21H,9-10,12H2,1-3H3/b16-13-. The van der Waals surface area contributed by atoms with Crippen LogP contribution < -0.4 is 0 Å². The zero-order valence-electron chi connectivity index (χ0n) is 13.4. The predicted octanol–water partition coefficient (Wildman–Crippen LogP) is 1.76. The molecule has 0 aliphatic heterocycles. The maximum Gasteiger partial charge on any atom is 0.266 e. The third kappa shape index (κ3) is 5.23. The monoisotopic (exact) mass is 301 g/mol. The second-order valence-corrected chi connectivity index (χ2v) is 5.37. The van der Waals surface area contributed by atoms with E-state index >= 15 is 0 Å². The second kappa shape index (κ2) is 8.85. The first-order chi connectivity index (χ1) is 10.5. The third-order valence-corrected chi connectivity index (χ3v) is 3.23. The van der Waals surface area contributed by atoms with E-state index < -0.39 is 0 Å². The summed E-state index contributed by atoms with van der Waals surface area (Å²) in [6.45, 7) is 4.65. The van der Waals surface area contributed by atoms with E-state index in [-0.39, 0.29) is 24.1 Å². The van der Waals surface area contributed by atoms with Gasteiger partial charge in [0.05, 0.1) is 6.61 Å². The van der Waals surface area contributed by atoms with Crippen molar-refractivity contribution in [3.05, 3.63) is 47.7 Å². The van der Waals surface area contributed by atoms with Crippen LogP contribution in [0.3, 0.4) is 0 Å². The van der Waals surface area contributed by atoms with Crippen molar-refractivity contribution in [3.8, 4) is 6.07 Å². The number of hydrogen-bond donors (Lipinski definition) is 1. The number of amides is 1. The molecule has 1 aromatic carbocycles. The van der Waals surface area contributed by atoms with Gasteiger partial charge in [0.15, 0.2) is 0 Å². The molecular formula is C17H23N3O2. The van der Waals surface area contributed by atoms with Crippen molar-refractivity contribution in [2.75, 3.05) is 20.2 Å². The first kappa shape index (κ1) is 17.7. The van der Waals surface area contributed by atoms with Crippen LogP contribution in [0.2, 0.25) is 0 Å². The van der Waals surface area contributed by atoms with E-state index in [4.69, 9.17) is 5.11 Å². The molecule has 0 atom stereocenters. The fourth-order valence-corrected chi connectivity index (χ4v) is 2.00. The number of hydrogen-bond acceptors (Lipinski definition) is 4. The van der Waals surface area contributed by atoms with Crippen LogP contribution >= 0.6 is 0 Å². The van der Waals surface area contributed by atoms with E-state index in [1.807, 2.05) is 50.2 Å². The number of aliphatic hydroxyl groups excluding tert-OH is 1. The Bertz CT molecular complexity index is 547. The molecule has 0 bridgehead atoms. The minimum Gasteiger partial charge on any atom is -0.395 e. The van der Waals surface area contributed by atoms with E-state index in [1.165, 1.54) is 6.20 Å². The number of likely N-dealkylation sites (N-methyl/N-ethyl adjacent to an activating group) is 1. The Morgan fingerprint density at radius 2 is 2.00 bits per heavy atom. The molecule has 0 saturated heterocycles.